The summed E-state index contributed by atoms with van der Waals surface area (Å²) in [5, 5.41) is 4.47. The average molecular weight is 378 g/mol. The number of nitrogens with zero attached hydrogens (tertiary/aromatic N) is 2. The van der Waals surface area contributed by atoms with E-state index in [-0.39, 0.29) is 11.7 Å². The van der Waals surface area contributed by atoms with Gasteiger partial charge in [0.25, 0.3) is 0 Å². The van der Waals surface area contributed by atoms with Crippen LogP contribution in [0.1, 0.15) is 34.0 Å². The average Bonchev–Trinajstić information content (AvgIpc) is 3.18. The molecule has 0 N–H and O–H groups in total. The molecule has 0 bridgehead atoms. The van der Waals surface area contributed by atoms with Gasteiger partial charge in [0.1, 0.15) is 5.75 Å². The summed E-state index contributed by atoms with van der Waals surface area (Å²) in [7, 11) is 4.86. The fourth-order valence-electron chi connectivity index (χ4n) is 3.73. The number of fused-ring (bicyclic) bond motifs is 1. The quantitative estimate of drug-likeness (QED) is 0.676. The van der Waals surface area contributed by atoms with Gasteiger partial charge in [-0.1, -0.05) is 6.07 Å². The molecule has 1 aromatic heterocycles. The van der Waals surface area contributed by atoms with Gasteiger partial charge in [0, 0.05) is 6.42 Å². The Morgan fingerprint density at radius 2 is 1.68 bits per heavy atom. The molecule has 0 saturated heterocycles. The van der Waals surface area contributed by atoms with Gasteiger partial charge < -0.3 is 14.2 Å². The Morgan fingerprint density at radius 3 is 2.36 bits per heavy atom. The smallest absolute Gasteiger partial charge is 0.166 e. The van der Waals surface area contributed by atoms with Gasteiger partial charge in [0.15, 0.2) is 17.3 Å². The number of ketones is 1. The van der Waals surface area contributed by atoms with E-state index in [2.05, 4.69) is 5.10 Å². The lowest BCUT2D eigenvalue weighted by molar-refractivity contribution is 0.0963. The number of rotatable bonds is 5. The van der Waals surface area contributed by atoms with Crippen molar-refractivity contribution in [1.29, 1.82) is 0 Å². The Bertz CT molecular complexity index is 1010. The topological polar surface area (TPSA) is 62.6 Å². The van der Waals surface area contributed by atoms with Crippen molar-refractivity contribution in [2.75, 3.05) is 21.3 Å². The van der Waals surface area contributed by atoms with E-state index in [1.54, 1.807) is 27.5 Å². The third-order valence-electron chi connectivity index (χ3n) is 5.24. The van der Waals surface area contributed by atoms with E-state index in [1.807, 2.05) is 47.1 Å². The summed E-state index contributed by atoms with van der Waals surface area (Å²) in [6.45, 7) is 0. The first-order valence-corrected chi connectivity index (χ1v) is 9.11. The fraction of sp³-hybridized carbons (Fsp3) is 0.273. The third-order valence-corrected chi connectivity index (χ3v) is 5.24. The van der Waals surface area contributed by atoms with Crippen molar-refractivity contribution in [3.63, 3.8) is 0 Å². The number of hydrogen-bond acceptors (Lipinski definition) is 5. The minimum Gasteiger partial charge on any atom is -0.497 e. The second kappa shape index (κ2) is 7.38. The largest absolute Gasteiger partial charge is 0.497 e. The molecule has 2 aromatic carbocycles. The number of carbonyl (C=O) groups is 1. The zero-order valence-corrected chi connectivity index (χ0v) is 16.1. The van der Waals surface area contributed by atoms with Crippen LogP contribution in [0.5, 0.6) is 17.2 Å². The molecule has 1 atom stereocenters. The highest BCUT2D eigenvalue weighted by Gasteiger charge is 2.30. The van der Waals surface area contributed by atoms with Crippen LogP contribution >= 0.6 is 0 Å². The first-order valence-electron chi connectivity index (χ1n) is 9.11. The molecule has 0 amide bonds. The lowest BCUT2D eigenvalue weighted by atomic mass is 9.82. The molecule has 0 fully saturated rings. The molecule has 1 aliphatic rings. The lowest BCUT2D eigenvalue weighted by Crippen LogP contribution is -2.20. The van der Waals surface area contributed by atoms with Crippen LogP contribution in [-0.4, -0.2) is 36.9 Å². The zero-order valence-electron chi connectivity index (χ0n) is 16.1. The van der Waals surface area contributed by atoms with E-state index in [1.165, 1.54) is 0 Å². The Labute approximate surface area is 163 Å². The van der Waals surface area contributed by atoms with Gasteiger partial charge in [-0.15, -0.1) is 0 Å². The van der Waals surface area contributed by atoms with E-state index >= 15 is 0 Å². The van der Waals surface area contributed by atoms with E-state index in [0.717, 1.165) is 29.1 Å². The van der Waals surface area contributed by atoms with E-state index in [4.69, 9.17) is 14.2 Å². The summed E-state index contributed by atoms with van der Waals surface area (Å²) in [6.07, 6.45) is 2.85. The van der Waals surface area contributed by atoms with Crippen LogP contribution in [0.3, 0.4) is 0 Å². The van der Waals surface area contributed by atoms with Crippen molar-refractivity contribution in [2.24, 2.45) is 0 Å². The van der Waals surface area contributed by atoms with E-state index in [0.29, 0.717) is 23.5 Å². The summed E-state index contributed by atoms with van der Waals surface area (Å²) in [4.78, 5) is 12.8. The van der Waals surface area contributed by atoms with Crippen LogP contribution in [-0.2, 0) is 6.42 Å². The van der Waals surface area contributed by atoms with Gasteiger partial charge in [-0.2, -0.15) is 5.10 Å². The molecule has 4 rings (SSSR count). The van der Waals surface area contributed by atoms with Crippen molar-refractivity contribution >= 4 is 5.78 Å². The highest BCUT2D eigenvalue weighted by atomic mass is 16.5. The number of hydrogen-bond donors (Lipinski definition) is 0. The second-order valence-electron chi connectivity index (χ2n) is 6.76. The van der Waals surface area contributed by atoms with Crippen molar-refractivity contribution in [3.8, 4) is 22.9 Å². The Balaban J connectivity index is 1.69. The summed E-state index contributed by atoms with van der Waals surface area (Å²) in [5.41, 5.74) is 3.59. The van der Waals surface area contributed by atoms with Crippen molar-refractivity contribution in [1.82, 2.24) is 9.78 Å². The van der Waals surface area contributed by atoms with Gasteiger partial charge in [-0.25, -0.2) is 4.68 Å². The van der Waals surface area contributed by atoms with Crippen LogP contribution in [0.25, 0.3) is 5.69 Å². The number of carbonyl (C=O) groups excluding carboxylic acids is 1. The van der Waals surface area contributed by atoms with E-state index < -0.39 is 0 Å². The molecule has 0 spiro atoms. The summed E-state index contributed by atoms with van der Waals surface area (Å²) >= 11 is 0. The molecular formula is C22H22N2O4. The maximum Gasteiger partial charge on any atom is 0.166 e. The summed E-state index contributed by atoms with van der Waals surface area (Å²) in [5.74, 6) is 2.30. The first kappa shape index (κ1) is 18.1. The maximum atomic E-state index is 12.8. The number of Topliss-reactive ketones (excluding diaryl/α,β-unsaturated/α-hetero) is 1. The predicted molar refractivity (Wildman–Crippen MR) is 105 cm³/mol. The molecule has 144 valence electrons. The fourth-order valence-corrected chi connectivity index (χ4v) is 3.73. The summed E-state index contributed by atoms with van der Waals surface area (Å²) < 4.78 is 17.8. The Morgan fingerprint density at radius 1 is 0.929 bits per heavy atom. The molecule has 0 aliphatic heterocycles. The van der Waals surface area contributed by atoms with Crippen LogP contribution < -0.4 is 14.2 Å². The summed E-state index contributed by atoms with van der Waals surface area (Å²) in [6, 6.07) is 13.5. The lowest BCUT2D eigenvalue weighted by Gasteiger charge is -2.23. The van der Waals surface area contributed by atoms with E-state index in [9.17, 15) is 4.79 Å². The van der Waals surface area contributed by atoms with Gasteiger partial charge >= 0.3 is 0 Å². The van der Waals surface area contributed by atoms with Crippen LogP contribution in [0, 0.1) is 0 Å². The van der Waals surface area contributed by atoms with Gasteiger partial charge in [-0.3, -0.25) is 4.79 Å². The molecule has 3 aromatic rings. The normalized spacial score (nSPS) is 15.8. The predicted octanol–water partition coefficient (Wildman–Crippen LogP) is 3.81. The third kappa shape index (κ3) is 3.11. The minimum absolute atomic E-state index is 0.0634. The van der Waals surface area contributed by atoms with Crippen LogP contribution in [0.15, 0.2) is 48.7 Å². The monoisotopic (exact) mass is 378 g/mol. The van der Waals surface area contributed by atoms with Crippen LogP contribution in [0.2, 0.25) is 0 Å². The molecule has 1 heterocycles. The number of benzene rings is 2. The Kier molecular flexibility index (Phi) is 4.77. The second-order valence-corrected chi connectivity index (χ2v) is 6.76. The maximum absolute atomic E-state index is 12.8. The first-order chi connectivity index (χ1) is 13.6. The number of aromatic nitrogens is 2. The van der Waals surface area contributed by atoms with Gasteiger partial charge in [-0.05, 0) is 54.3 Å². The number of ether oxygens (including phenoxy) is 3. The molecule has 0 unspecified atom stereocenters. The molecule has 6 heteroatoms. The van der Waals surface area contributed by atoms with Crippen molar-refractivity contribution in [2.45, 2.75) is 18.8 Å². The van der Waals surface area contributed by atoms with Crippen molar-refractivity contribution < 1.29 is 19.0 Å². The zero-order chi connectivity index (χ0) is 19.7. The van der Waals surface area contributed by atoms with Gasteiger partial charge in [0.05, 0.1) is 44.5 Å². The SMILES string of the molecule is COc1ccc(-n2ncc3c2C[C@H](c2ccc(OC)c(OC)c2)CC3=O)cc1. The Hall–Kier alpha value is -3.28. The minimum atomic E-state index is 0.0634. The standard InChI is InChI=1S/C22H22N2O4/c1-26-17-7-5-16(6-8-17)24-19-10-15(11-20(25)18(19)13-23-24)14-4-9-21(27-2)22(12-14)28-3/h4-9,12-13,15H,10-11H2,1-3H3/t15-/m0/s1. The highest BCUT2D eigenvalue weighted by Crippen LogP contribution is 2.37. The highest BCUT2D eigenvalue weighted by molar-refractivity contribution is 5.98. The molecule has 0 saturated carbocycles. The molecule has 6 nitrogen and oxygen atoms in total. The van der Waals surface area contributed by atoms with Crippen LogP contribution in [0.4, 0.5) is 0 Å². The molecule has 28 heavy (non-hydrogen) atoms. The molecular weight excluding hydrogens is 356 g/mol. The van der Waals surface area contributed by atoms with Gasteiger partial charge in [0.2, 0.25) is 0 Å². The van der Waals surface area contributed by atoms with Crippen molar-refractivity contribution in [3.05, 3.63) is 65.5 Å². The molecule has 1 aliphatic carbocycles. The number of methoxy groups -OCH3 is 3. The molecule has 0 radical (unpaired) electrons.